The Morgan fingerprint density at radius 3 is 2.77 bits per heavy atom. The summed E-state index contributed by atoms with van der Waals surface area (Å²) in [7, 11) is 3.97. The molecule has 0 radical (unpaired) electrons. The van der Waals surface area contributed by atoms with Gasteiger partial charge in [0.25, 0.3) is 0 Å². The SMILES string of the molecule is C=CCCCCCN(C)C(=NC)NCC1CCOC1c1ccccc1.I. The predicted octanol–water partition coefficient (Wildman–Crippen LogP) is 4.64. The van der Waals surface area contributed by atoms with Gasteiger partial charge in [0, 0.05) is 39.7 Å². The first-order chi connectivity index (χ1) is 12.3. The minimum atomic E-state index is 0. The second-order valence-corrected chi connectivity index (χ2v) is 6.74. The Bertz CT molecular complexity index is 535. The molecule has 1 aliphatic rings. The highest BCUT2D eigenvalue weighted by molar-refractivity contribution is 14.0. The van der Waals surface area contributed by atoms with Crippen LogP contribution in [0.25, 0.3) is 0 Å². The van der Waals surface area contributed by atoms with E-state index < -0.39 is 0 Å². The van der Waals surface area contributed by atoms with Crippen molar-refractivity contribution in [2.75, 3.05) is 33.8 Å². The molecule has 1 aromatic carbocycles. The van der Waals surface area contributed by atoms with Crippen LogP contribution >= 0.6 is 24.0 Å². The second kappa shape index (κ2) is 13.1. The molecule has 0 amide bonds. The van der Waals surface area contributed by atoms with Gasteiger partial charge in [0.2, 0.25) is 0 Å². The summed E-state index contributed by atoms with van der Waals surface area (Å²) in [6.07, 6.45) is 8.03. The number of nitrogens with zero attached hydrogens (tertiary/aromatic N) is 2. The van der Waals surface area contributed by atoms with E-state index in [-0.39, 0.29) is 30.1 Å². The van der Waals surface area contributed by atoms with Crippen LogP contribution in [-0.4, -0.2) is 44.7 Å². The summed E-state index contributed by atoms with van der Waals surface area (Å²) < 4.78 is 5.98. The molecule has 2 unspecified atom stereocenters. The molecule has 0 aliphatic carbocycles. The van der Waals surface area contributed by atoms with Gasteiger partial charge < -0.3 is 15.0 Å². The fourth-order valence-corrected chi connectivity index (χ4v) is 3.38. The largest absolute Gasteiger partial charge is 0.373 e. The fraction of sp³-hybridized carbons (Fsp3) is 0.571. The van der Waals surface area contributed by atoms with Gasteiger partial charge in [-0.1, -0.05) is 42.8 Å². The smallest absolute Gasteiger partial charge is 0.193 e. The maximum atomic E-state index is 5.98. The third kappa shape index (κ3) is 7.27. The molecule has 5 heteroatoms. The molecule has 146 valence electrons. The highest BCUT2D eigenvalue weighted by atomic mass is 127. The van der Waals surface area contributed by atoms with Crippen molar-refractivity contribution in [3.63, 3.8) is 0 Å². The number of nitrogens with one attached hydrogen (secondary N) is 1. The third-order valence-corrected chi connectivity index (χ3v) is 4.84. The van der Waals surface area contributed by atoms with Crippen molar-refractivity contribution in [1.82, 2.24) is 10.2 Å². The van der Waals surface area contributed by atoms with Crippen LogP contribution in [0.15, 0.2) is 48.0 Å². The Morgan fingerprint density at radius 2 is 2.08 bits per heavy atom. The van der Waals surface area contributed by atoms with Gasteiger partial charge in [-0.3, -0.25) is 4.99 Å². The topological polar surface area (TPSA) is 36.9 Å². The molecule has 0 bridgehead atoms. The molecule has 1 aliphatic heterocycles. The molecular weight excluding hydrogens is 437 g/mol. The van der Waals surface area contributed by atoms with E-state index in [1.165, 1.54) is 24.8 Å². The molecule has 1 N–H and O–H groups in total. The van der Waals surface area contributed by atoms with Crippen molar-refractivity contribution in [2.24, 2.45) is 10.9 Å². The van der Waals surface area contributed by atoms with Crippen molar-refractivity contribution in [1.29, 1.82) is 0 Å². The molecule has 1 aromatic rings. The molecular formula is C21H34IN3O. The van der Waals surface area contributed by atoms with Crippen LogP contribution in [0.2, 0.25) is 0 Å². The van der Waals surface area contributed by atoms with E-state index in [4.69, 9.17) is 4.74 Å². The zero-order valence-corrected chi connectivity index (χ0v) is 18.5. The normalized spacial score (nSPS) is 19.7. The fourth-order valence-electron chi connectivity index (χ4n) is 3.38. The van der Waals surface area contributed by atoms with Gasteiger partial charge in [0.1, 0.15) is 0 Å². The minimum absolute atomic E-state index is 0. The quantitative estimate of drug-likeness (QED) is 0.188. The van der Waals surface area contributed by atoms with Crippen molar-refractivity contribution < 1.29 is 4.74 Å². The number of halogens is 1. The summed E-state index contributed by atoms with van der Waals surface area (Å²) in [5.41, 5.74) is 1.28. The van der Waals surface area contributed by atoms with E-state index in [1.54, 1.807) is 0 Å². The van der Waals surface area contributed by atoms with Gasteiger partial charge in [-0.2, -0.15) is 0 Å². The minimum Gasteiger partial charge on any atom is -0.373 e. The molecule has 0 saturated carbocycles. The molecule has 2 rings (SSSR count). The van der Waals surface area contributed by atoms with Crippen LogP contribution in [0.4, 0.5) is 0 Å². The molecule has 0 aromatic heterocycles. The molecule has 1 heterocycles. The number of unbranched alkanes of at least 4 members (excludes halogenated alkanes) is 3. The maximum Gasteiger partial charge on any atom is 0.193 e. The van der Waals surface area contributed by atoms with Gasteiger partial charge in [0.15, 0.2) is 5.96 Å². The lowest BCUT2D eigenvalue weighted by atomic mass is 9.95. The molecule has 4 nitrogen and oxygen atoms in total. The van der Waals surface area contributed by atoms with Crippen molar-refractivity contribution in [2.45, 2.75) is 38.2 Å². The number of ether oxygens (including phenoxy) is 1. The van der Waals surface area contributed by atoms with E-state index in [0.29, 0.717) is 5.92 Å². The first-order valence-corrected chi connectivity index (χ1v) is 9.45. The summed E-state index contributed by atoms with van der Waals surface area (Å²) in [5.74, 6) is 1.46. The van der Waals surface area contributed by atoms with Crippen molar-refractivity contribution in [3.05, 3.63) is 48.6 Å². The van der Waals surface area contributed by atoms with E-state index in [1.807, 2.05) is 13.1 Å². The molecule has 1 fully saturated rings. The number of aliphatic imine (C=N–C) groups is 1. The first-order valence-electron chi connectivity index (χ1n) is 9.45. The predicted molar refractivity (Wildman–Crippen MR) is 121 cm³/mol. The van der Waals surface area contributed by atoms with Crippen LogP contribution < -0.4 is 5.32 Å². The summed E-state index contributed by atoms with van der Waals surface area (Å²) in [4.78, 5) is 6.66. The average Bonchev–Trinajstić information content (AvgIpc) is 3.11. The lowest BCUT2D eigenvalue weighted by Gasteiger charge is -2.25. The average molecular weight is 471 g/mol. The van der Waals surface area contributed by atoms with Crippen LogP contribution in [-0.2, 0) is 4.74 Å². The second-order valence-electron chi connectivity index (χ2n) is 6.74. The van der Waals surface area contributed by atoms with E-state index in [0.717, 1.165) is 38.5 Å². The summed E-state index contributed by atoms with van der Waals surface area (Å²) >= 11 is 0. The Balaban J connectivity index is 0.00000338. The van der Waals surface area contributed by atoms with Gasteiger partial charge >= 0.3 is 0 Å². The number of guanidine groups is 1. The van der Waals surface area contributed by atoms with Crippen LogP contribution in [0.5, 0.6) is 0 Å². The van der Waals surface area contributed by atoms with Gasteiger partial charge in [0.05, 0.1) is 6.10 Å². The monoisotopic (exact) mass is 471 g/mol. The van der Waals surface area contributed by atoms with E-state index >= 15 is 0 Å². The summed E-state index contributed by atoms with van der Waals surface area (Å²) in [6, 6.07) is 10.5. The van der Waals surface area contributed by atoms with Crippen LogP contribution in [0.1, 0.15) is 43.8 Å². The highest BCUT2D eigenvalue weighted by Gasteiger charge is 2.29. The lowest BCUT2D eigenvalue weighted by Crippen LogP contribution is -2.41. The molecule has 0 spiro atoms. The Kier molecular flexibility index (Phi) is 11.6. The zero-order chi connectivity index (χ0) is 17.9. The Morgan fingerprint density at radius 1 is 1.31 bits per heavy atom. The van der Waals surface area contributed by atoms with Crippen molar-refractivity contribution in [3.8, 4) is 0 Å². The molecule has 2 atom stereocenters. The first kappa shape index (κ1) is 23.0. The standard InChI is InChI=1S/C21H33N3O.HI/c1-4-5-6-7-11-15-24(3)21(22-2)23-17-19-14-16-25-20(19)18-12-9-8-10-13-18;/h4,8-10,12-13,19-20H,1,5-7,11,14-17H2,2-3H3,(H,22,23);1H. The number of hydrogen-bond donors (Lipinski definition) is 1. The highest BCUT2D eigenvalue weighted by Crippen LogP contribution is 2.33. The number of allylic oxidation sites excluding steroid dienone is 1. The number of benzene rings is 1. The Hall–Kier alpha value is -1.08. The number of hydrogen-bond acceptors (Lipinski definition) is 2. The molecule has 1 saturated heterocycles. The van der Waals surface area contributed by atoms with Gasteiger partial charge in [-0.25, -0.2) is 0 Å². The van der Waals surface area contributed by atoms with Crippen LogP contribution in [0, 0.1) is 5.92 Å². The maximum absolute atomic E-state index is 5.98. The van der Waals surface area contributed by atoms with Crippen molar-refractivity contribution >= 4 is 29.9 Å². The molecule has 26 heavy (non-hydrogen) atoms. The lowest BCUT2D eigenvalue weighted by molar-refractivity contribution is 0.0914. The summed E-state index contributed by atoms with van der Waals surface area (Å²) in [6.45, 7) is 6.54. The van der Waals surface area contributed by atoms with Crippen LogP contribution in [0.3, 0.4) is 0 Å². The van der Waals surface area contributed by atoms with Gasteiger partial charge in [-0.15, -0.1) is 30.6 Å². The van der Waals surface area contributed by atoms with E-state index in [9.17, 15) is 0 Å². The number of rotatable bonds is 9. The van der Waals surface area contributed by atoms with E-state index in [2.05, 4.69) is 59.2 Å². The third-order valence-electron chi connectivity index (χ3n) is 4.84. The van der Waals surface area contributed by atoms with Gasteiger partial charge in [-0.05, 0) is 31.2 Å². The zero-order valence-electron chi connectivity index (χ0n) is 16.2. The summed E-state index contributed by atoms with van der Waals surface area (Å²) in [5, 5.41) is 3.54. The Labute approximate surface area is 176 Å².